The predicted molar refractivity (Wildman–Crippen MR) is 140 cm³/mol. The maximum absolute atomic E-state index is 13.9. The molecule has 3 aromatic carbocycles. The van der Waals surface area contributed by atoms with Crippen LogP contribution in [0.1, 0.15) is 37.3 Å². The van der Waals surface area contributed by atoms with E-state index in [0.717, 1.165) is 5.56 Å². The number of carbonyl (C=O) groups is 3. The second-order valence-electron chi connectivity index (χ2n) is 10.4. The Labute approximate surface area is 220 Å². The minimum atomic E-state index is -0.862. The molecule has 3 heterocycles. The molecule has 3 aliphatic heterocycles. The van der Waals surface area contributed by atoms with E-state index in [9.17, 15) is 19.6 Å². The molecule has 7 nitrogen and oxygen atoms in total. The summed E-state index contributed by atoms with van der Waals surface area (Å²) in [6, 6.07) is 22.2. The summed E-state index contributed by atoms with van der Waals surface area (Å²) in [5, 5.41) is 10.9. The first-order valence-electron chi connectivity index (χ1n) is 12.7. The van der Waals surface area contributed by atoms with Crippen LogP contribution in [0.25, 0.3) is 10.8 Å². The standard InChI is InChI=1S/C31H26N2O5/c1-30-16-17-31(38-30,15-7-12-25(34)37-19-20-8-3-2-4-9-20)27-26(30)28(35)33(29(27)36)24-14-13-21(18-32)22-10-5-6-11-23(22)24/h2-14,26-27H,15-17,19H2,1H3/b12-7+/t26?,27-,30?,31?/m0/s1. The fraction of sp³-hybridized carbons (Fsp3) is 0.290. The van der Waals surface area contributed by atoms with E-state index in [1.807, 2.05) is 61.5 Å². The third-order valence-corrected chi connectivity index (χ3v) is 8.22. The first-order chi connectivity index (χ1) is 18.4. The predicted octanol–water partition coefficient (Wildman–Crippen LogP) is 4.83. The Balaban J connectivity index is 1.26. The average molecular weight is 507 g/mol. The summed E-state index contributed by atoms with van der Waals surface area (Å²) >= 11 is 0. The molecular weight excluding hydrogens is 480 g/mol. The third kappa shape index (κ3) is 3.64. The molecule has 38 heavy (non-hydrogen) atoms. The Morgan fingerprint density at radius 1 is 1.03 bits per heavy atom. The minimum absolute atomic E-state index is 0.176. The van der Waals surface area contributed by atoms with Crippen molar-refractivity contribution >= 4 is 34.2 Å². The fourth-order valence-electron chi connectivity index (χ4n) is 6.49. The molecule has 3 fully saturated rings. The van der Waals surface area contributed by atoms with Crippen molar-refractivity contribution in [3.63, 3.8) is 0 Å². The van der Waals surface area contributed by atoms with E-state index < -0.39 is 29.0 Å². The number of benzene rings is 3. The van der Waals surface area contributed by atoms with Crippen LogP contribution in [-0.2, 0) is 30.5 Å². The normalized spacial score (nSPS) is 27.7. The van der Waals surface area contributed by atoms with Crippen LogP contribution < -0.4 is 4.90 Å². The van der Waals surface area contributed by atoms with E-state index in [1.54, 1.807) is 18.2 Å². The van der Waals surface area contributed by atoms with Crippen LogP contribution in [-0.4, -0.2) is 29.0 Å². The Morgan fingerprint density at radius 3 is 2.50 bits per heavy atom. The topological polar surface area (TPSA) is 96.7 Å². The second kappa shape index (κ2) is 8.93. The summed E-state index contributed by atoms with van der Waals surface area (Å²) in [4.78, 5) is 41.3. The number of hydrogen-bond donors (Lipinski definition) is 0. The quantitative estimate of drug-likeness (QED) is 0.270. The van der Waals surface area contributed by atoms with Gasteiger partial charge in [-0.15, -0.1) is 0 Å². The van der Waals surface area contributed by atoms with Gasteiger partial charge in [0.1, 0.15) is 6.61 Å². The van der Waals surface area contributed by atoms with Gasteiger partial charge in [-0.1, -0.05) is 60.7 Å². The van der Waals surface area contributed by atoms with Crippen LogP contribution in [0.4, 0.5) is 5.69 Å². The van der Waals surface area contributed by atoms with E-state index in [0.29, 0.717) is 41.3 Å². The van der Waals surface area contributed by atoms with Gasteiger partial charge in [0.15, 0.2) is 0 Å². The number of nitriles is 1. The van der Waals surface area contributed by atoms with Crippen molar-refractivity contribution < 1.29 is 23.9 Å². The van der Waals surface area contributed by atoms with Gasteiger partial charge in [-0.05, 0) is 43.9 Å². The molecule has 2 bridgehead atoms. The number of hydrogen-bond acceptors (Lipinski definition) is 6. The highest BCUT2D eigenvalue weighted by atomic mass is 16.5. The summed E-state index contributed by atoms with van der Waals surface area (Å²) in [6.45, 7) is 2.08. The molecule has 2 amide bonds. The molecule has 4 atom stereocenters. The monoisotopic (exact) mass is 506 g/mol. The number of fused-ring (bicyclic) bond motifs is 6. The highest BCUT2D eigenvalue weighted by Gasteiger charge is 2.73. The van der Waals surface area contributed by atoms with Crippen LogP contribution in [0.5, 0.6) is 0 Å². The Kier molecular flexibility index (Phi) is 5.66. The summed E-state index contributed by atoms with van der Waals surface area (Å²) in [5.74, 6) is -2.28. The zero-order valence-electron chi connectivity index (χ0n) is 20.9. The number of anilines is 1. The average Bonchev–Trinajstić information content (AvgIpc) is 3.51. The van der Waals surface area contributed by atoms with Gasteiger partial charge < -0.3 is 9.47 Å². The summed E-state index contributed by atoms with van der Waals surface area (Å²) < 4.78 is 11.8. The van der Waals surface area contributed by atoms with Crippen molar-refractivity contribution in [3.05, 3.63) is 90.0 Å². The third-order valence-electron chi connectivity index (χ3n) is 8.22. The van der Waals surface area contributed by atoms with Crippen molar-refractivity contribution in [1.82, 2.24) is 0 Å². The van der Waals surface area contributed by atoms with Crippen LogP contribution in [0.15, 0.2) is 78.9 Å². The van der Waals surface area contributed by atoms with E-state index in [-0.39, 0.29) is 18.4 Å². The number of imide groups is 1. The molecule has 0 radical (unpaired) electrons. The maximum Gasteiger partial charge on any atom is 0.330 e. The molecule has 3 unspecified atom stereocenters. The van der Waals surface area contributed by atoms with Crippen LogP contribution in [0.2, 0.25) is 0 Å². The van der Waals surface area contributed by atoms with Crippen molar-refractivity contribution in [2.45, 2.75) is 44.0 Å². The summed E-state index contributed by atoms with van der Waals surface area (Å²) in [5.41, 5.74) is 0.254. The lowest BCUT2D eigenvalue weighted by Crippen LogP contribution is -2.41. The van der Waals surface area contributed by atoms with Gasteiger partial charge in [0.2, 0.25) is 11.8 Å². The van der Waals surface area contributed by atoms with E-state index >= 15 is 0 Å². The Bertz CT molecular complexity index is 1540. The van der Waals surface area contributed by atoms with Gasteiger partial charge in [0.05, 0.1) is 40.4 Å². The van der Waals surface area contributed by atoms with Gasteiger partial charge >= 0.3 is 5.97 Å². The smallest absolute Gasteiger partial charge is 0.330 e. The molecule has 3 aromatic rings. The molecule has 0 aliphatic carbocycles. The van der Waals surface area contributed by atoms with Crippen molar-refractivity contribution in [2.24, 2.45) is 11.8 Å². The van der Waals surface area contributed by atoms with E-state index in [1.165, 1.54) is 11.0 Å². The lowest BCUT2D eigenvalue weighted by Gasteiger charge is -2.30. The van der Waals surface area contributed by atoms with Crippen LogP contribution >= 0.6 is 0 Å². The largest absolute Gasteiger partial charge is 0.458 e. The van der Waals surface area contributed by atoms with Crippen molar-refractivity contribution in [1.29, 1.82) is 5.26 Å². The molecule has 190 valence electrons. The van der Waals surface area contributed by atoms with Crippen molar-refractivity contribution in [2.75, 3.05) is 4.90 Å². The molecular formula is C31H26N2O5. The van der Waals surface area contributed by atoms with Crippen LogP contribution in [0, 0.1) is 23.2 Å². The highest BCUT2D eigenvalue weighted by molar-refractivity contribution is 6.26. The highest BCUT2D eigenvalue weighted by Crippen LogP contribution is 2.62. The van der Waals surface area contributed by atoms with Gasteiger partial charge in [0, 0.05) is 16.8 Å². The minimum Gasteiger partial charge on any atom is -0.458 e. The lowest BCUT2D eigenvalue weighted by atomic mass is 9.67. The summed E-state index contributed by atoms with van der Waals surface area (Å²) in [6.07, 6.45) is 4.66. The molecule has 0 N–H and O–H groups in total. The Morgan fingerprint density at radius 2 is 1.74 bits per heavy atom. The van der Waals surface area contributed by atoms with Gasteiger partial charge in [-0.25, -0.2) is 9.69 Å². The fourth-order valence-corrected chi connectivity index (χ4v) is 6.49. The zero-order valence-corrected chi connectivity index (χ0v) is 20.9. The maximum atomic E-state index is 13.9. The van der Waals surface area contributed by atoms with Gasteiger partial charge in [0.25, 0.3) is 0 Å². The molecule has 3 saturated heterocycles. The number of ether oxygens (including phenoxy) is 2. The van der Waals surface area contributed by atoms with Crippen molar-refractivity contribution in [3.8, 4) is 6.07 Å². The molecule has 0 saturated carbocycles. The lowest BCUT2D eigenvalue weighted by molar-refractivity contribution is -0.139. The SMILES string of the molecule is CC12CCC(C/C=C/C(=O)OCc3ccccc3)(O1)[C@@H]1C(=O)N(c3ccc(C#N)c4ccccc34)C(=O)C12. The molecule has 0 spiro atoms. The van der Waals surface area contributed by atoms with E-state index in [4.69, 9.17) is 9.47 Å². The van der Waals surface area contributed by atoms with Gasteiger partial charge in [-0.3, -0.25) is 9.59 Å². The number of esters is 1. The molecule has 3 aliphatic rings. The first-order valence-corrected chi connectivity index (χ1v) is 12.7. The second-order valence-corrected chi connectivity index (χ2v) is 10.4. The molecule has 0 aromatic heterocycles. The van der Waals surface area contributed by atoms with E-state index in [2.05, 4.69) is 6.07 Å². The number of carbonyl (C=O) groups excluding carboxylic acids is 3. The number of nitrogens with zero attached hydrogens (tertiary/aromatic N) is 2. The number of amides is 2. The van der Waals surface area contributed by atoms with Gasteiger partial charge in [-0.2, -0.15) is 5.26 Å². The zero-order chi connectivity index (χ0) is 26.5. The molecule has 7 heteroatoms. The summed E-state index contributed by atoms with van der Waals surface area (Å²) in [7, 11) is 0. The number of rotatable bonds is 6. The molecule has 6 rings (SSSR count). The van der Waals surface area contributed by atoms with Crippen LogP contribution in [0.3, 0.4) is 0 Å². The first kappa shape index (κ1) is 24.1. The Hall–Kier alpha value is -4.28.